The van der Waals surface area contributed by atoms with E-state index in [0.717, 1.165) is 38.8 Å². The number of H-pyrrole nitrogens is 1. The molecule has 162 valence electrons. The van der Waals surface area contributed by atoms with Crippen molar-refractivity contribution >= 4 is 34.4 Å². The van der Waals surface area contributed by atoms with E-state index in [4.69, 9.17) is 4.74 Å². The highest BCUT2D eigenvalue weighted by Gasteiger charge is 2.18. The van der Waals surface area contributed by atoms with E-state index in [2.05, 4.69) is 10.3 Å². The van der Waals surface area contributed by atoms with E-state index >= 15 is 0 Å². The first-order chi connectivity index (χ1) is 14.7. The topological polar surface area (TPSA) is 91.5 Å². The number of fused-ring (bicyclic) bond motifs is 1. The van der Waals surface area contributed by atoms with Gasteiger partial charge in [0.15, 0.2) is 6.61 Å². The summed E-state index contributed by atoms with van der Waals surface area (Å²) in [4.78, 5) is 41.3. The first-order valence-electron chi connectivity index (χ1n) is 10.0. The van der Waals surface area contributed by atoms with Crippen LogP contribution in [0.25, 0.3) is 10.9 Å². The predicted octanol–water partition coefficient (Wildman–Crippen LogP) is 3.66. The van der Waals surface area contributed by atoms with Crippen LogP contribution >= 0.6 is 0 Å². The molecule has 0 spiro atoms. The van der Waals surface area contributed by atoms with Crippen LogP contribution in [0.1, 0.15) is 32.7 Å². The summed E-state index contributed by atoms with van der Waals surface area (Å²) in [5, 5.41) is 3.77. The van der Waals surface area contributed by atoms with Gasteiger partial charge in [-0.2, -0.15) is 0 Å². The highest BCUT2D eigenvalue weighted by molar-refractivity contribution is 5.98. The minimum absolute atomic E-state index is 0.144. The van der Waals surface area contributed by atoms with Crippen molar-refractivity contribution in [3.63, 3.8) is 0 Å². The number of esters is 1. The molecule has 1 aromatic heterocycles. The molecule has 1 heterocycles. The molecule has 0 aliphatic carbocycles. The molecule has 0 bridgehead atoms. The molecule has 2 amide bonds. The fourth-order valence-electron chi connectivity index (χ4n) is 3.52. The molecule has 7 nitrogen and oxygen atoms in total. The number of aromatic amines is 1. The van der Waals surface area contributed by atoms with Crippen molar-refractivity contribution in [2.45, 2.75) is 27.7 Å². The first-order valence-corrected chi connectivity index (χ1v) is 10.0. The number of nitrogens with zero attached hydrogens (tertiary/aromatic N) is 1. The Morgan fingerprint density at radius 1 is 1.00 bits per heavy atom. The van der Waals surface area contributed by atoms with Crippen LogP contribution in [-0.2, 0) is 14.3 Å². The second kappa shape index (κ2) is 9.04. The number of nitrogens with one attached hydrogen (secondary N) is 2. The minimum atomic E-state index is -0.616. The maximum absolute atomic E-state index is 12.4. The average molecular weight is 421 g/mol. The van der Waals surface area contributed by atoms with Crippen LogP contribution in [0.5, 0.6) is 0 Å². The number of anilines is 1. The Labute approximate surface area is 181 Å². The average Bonchev–Trinajstić information content (AvgIpc) is 3.13. The molecule has 0 fully saturated rings. The highest BCUT2D eigenvalue weighted by atomic mass is 16.5. The van der Waals surface area contributed by atoms with Crippen LogP contribution in [0.15, 0.2) is 36.4 Å². The van der Waals surface area contributed by atoms with Crippen molar-refractivity contribution in [2.75, 3.05) is 25.5 Å². The lowest BCUT2D eigenvalue weighted by Gasteiger charge is -2.18. The zero-order valence-corrected chi connectivity index (χ0v) is 18.5. The largest absolute Gasteiger partial charge is 0.451 e. The number of aromatic nitrogens is 1. The van der Waals surface area contributed by atoms with Crippen molar-refractivity contribution in [1.29, 1.82) is 0 Å². The Kier molecular flexibility index (Phi) is 6.44. The first kappa shape index (κ1) is 22.1. The number of carbonyl (C=O) groups excluding carboxylic acids is 3. The number of hydrogen-bond donors (Lipinski definition) is 2. The third-order valence-corrected chi connectivity index (χ3v) is 5.19. The Balaban J connectivity index is 1.55. The summed E-state index contributed by atoms with van der Waals surface area (Å²) in [6, 6.07) is 11.4. The van der Waals surface area contributed by atoms with E-state index in [9.17, 15) is 14.4 Å². The van der Waals surface area contributed by atoms with Gasteiger partial charge in [-0.1, -0.05) is 24.3 Å². The van der Waals surface area contributed by atoms with Gasteiger partial charge < -0.3 is 19.9 Å². The fourth-order valence-corrected chi connectivity index (χ4v) is 3.52. The maximum Gasteiger partial charge on any atom is 0.355 e. The molecule has 0 aliphatic rings. The van der Waals surface area contributed by atoms with Gasteiger partial charge in [0.1, 0.15) is 5.69 Å². The van der Waals surface area contributed by atoms with Crippen LogP contribution in [0, 0.1) is 27.7 Å². The second-order valence-electron chi connectivity index (χ2n) is 7.87. The van der Waals surface area contributed by atoms with Crippen molar-refractivity contribution in [3.8, 4) is 0 Å². The van der Waals surface area contributed by atoms with E-state index in [1.807, 2.05) is 58.0 Å². The molecule has 0 unspecified atom stereocenters. The Morgan fingerprint density at radius 2 is 1.68 bits per heavy atom. The van der Waals surface area contributed by atoms with Gasteiger partial charge in [-0.25, -0.2) is 4.79 Å². The molecular weight excluding hydrogens is 394 g/mol. The van der Waals surface area contributed by atoms with E-state index in [0.29, 0.717) is 0 Å². The van der Waals surface area contributed by atoms with E-state index in [1.165, 1.54) is 11.9 Å². The van der Waals surface area contributed by atoms with Gasteiger partial charge in [0, 0.05) is 23.6 Å². The Hall–Kier alpha value is -3.61. The molecule has 3 rings (SSSR count). The Bertz CT molecular complexity index is 1140. The normalized spacial score (nSPS) is 10.7. The lowest BCUT2D eigenvalue weighted by molar-refractivity contribution is -0.136. The van der Waals surface area contributed by atoms with Gasteiger partial charge >= 0.3 is 5.97 Å². The van der Waals surface area contributed by atoms with Gasteiger partial charge in [-0.3, -0.25) is 9.59 Å². The molecule has 0 atom stereocenters. The van der Waals surface area contributed by atoms with Crippen LogP contribution in [0.4, 0.5) is 5.69 Å². The number of ether oxygens (including phenoxy) is 1. The lowest BCUT2D eigenvalue weighted by Crippen LogP contribution is -2.37. The summed E-state index contributed by atoms with van der Waals surface area (Å²) >= 11 is 0. The molecule has 2 aromatic carbocycles. The summed E-state index contributed by atoms with van der Waals surface area (Å²) in [6.07, 6.45) is 0. The van der Waals surface area contributed by atoms with E-state index in [-0.39, 0.29) is 18.1 Å². The minimum Gasteiger partial charge on any atom is -0.451 e. The van der Waals surface area contributed by atoms with Crippen LogP contribution in [-0.4, -0.2) is 47.9 Å². The molecule has 31 heavy (non-hydrogen) atoms. The monoisotopic (exact) mass is 421 g/mol. The van der Waals surface area contributed by atoms with Gasteiger partial charge in [-0.15, -0.1) is 0 Å². The number of rotatable bonds is 6. The number of hydrogen-bond acceptors (Lipinski definition) is 4. The highest BCUT2D eigenvalue weighted by Crippen LogP contribution is 2.22. The van der Waals surface area contributed by atoms with Gasteiger partial charge in [0.25, 0.3) is 5.91 Å². The molecule has 3 aromatic rings. The summed E-state index contributed by atoms with van der Waals surface area (Å²) in [5.74, 6) is -1.40. The number of amides is 2. The smallest absolute Gasteiger partial charge is 0.355 e. The molecule has 0 radical (unpaired) electrons. The molecule has 0 saturated heterocycles. The molecule has 0 saturated carbocycles. The number of para-hydroxylation sites is 1. The van der Waals surface area contributed by atoms with Crippen molar-refractivity contribution in [1.82, 2.24) is 9.88 Å². The Morgan fingerprint density at radius 3 is 2.35 bits per heavy atom. The fraction of sp³-hybridized carbons (Fsp3) is 0.292. The van der Waals surface area contributed by atoms with Crippen LogP contribution in [0.3, 0.4) is 0 Å². The van der Waals surface area contributed by atoms with Crippen LogP contribution < -0.4 is 5.32 Å². The van der Waals surface area contributed by atoms with E-state index in [1.54, 1.807) is 6.07 Å². The molecule has 0 aliphatic heterocycles. The van der Waals surface area contributed by atoms with Crippen molar-refractivity contribution < 1.29 is 19.1 Å². The molecular formula is C24H27N3O4. The third kappa shape index (κ3) is 5.12. The number of benzene rings is 2. The summed E-state index contributed by atoms with van der Waals surface area (Å²) < 4.78 is 5.16. The van der Waals surface area contributed by atoms with Gasteiger partial charge in [0.2, 0.25) is 5.91 Å². The number of likely N-dealkylation sites (N-methyl/N-ethyl adjacent to an activating group) is 1. The molecule has 7 heteroatoms. The van der Waals surface area contributed by atoms with E-state index < -0.39 is 18.5 Å². The summed E-state index contributed by atoms with van der Waals surface area (Å²) in [6.45, 7) is 7.18. The SMILES string of the molecule is Cc1cc(C)c2cc(C(=O)OCC(=O)N(C)CC(=O)Nc3c(C)cccc3C)[nH]c2c1. The number of aryl methyl sites for hydroxylation is 4. The van der Waals surface area contributed by atoms with Crippen molar-refractivity contribution in [3.05, 3.63) is 64.3 Å². The quantitative estimate of drug-likeness (QED) is 0.594. The zero-order chi connectivity index (χ0) is 22.7. The predicted molar refractivity (Wildman–Crippen MR) is 120 cm³/mol. The second-order valence-corrected chi connectivity index (χ2v) is 7.87. The molecule has 2 N–H and O–H groups in total. The van der Waals surface area contributed by atoms with Gasteiger partial charge in [0.05, 0.1) is 6.54 Å². The zero-order valence-electron chi connectivity index (χ0n) is 18.5. The van der Waals surface area contributed by atoms with Crippen molar-refractivity contribution in [2.24, 2.45) is 0 Å². The summed E-state index contributed by atoms with van der Waals surface area (Å²) in [5.41, 5.74) is 5.89. The standard InChI is InChI=1S/C24H27N3O4/c1-14-9-17(4)18-11-20(25-19(18)10-14)24(30)31-13-22(29)27(5)12-21(28)26-23-15(2)7-6-8-16(23)3/h6-11,25H,12-13H2,1-5H3,(H,26,28). The van der Waals surface area contributed by atoms with Crippen LogP contribution in [0.2, 0.25) is 0 Å². The number of carbonyl (C=O) groups is 3. The lowest BCUT2D eigenvalue weighted by atomic mass is 10.1. The maximum atomic E-state index is 12.4. The third-order valence-electron chi connectivity index (χ3n) is 5.19. The van der Waals surface area contributed by atoms with Gasteiger partial charge in [-0.05, 0) is 62.1 Å². The summed E-state index contributed by atoms with van der Waals surface area (Å²) in [7, 11) is 1.50.